The Balaban J connectivity index is 1.98. The van der Waals surface area contributed by atoms with Crippen LogP contribution in [0.1, 0.15) is 48.9 Å². The van der Waals surface area contributed by atoms with Gasteiger partial charge in [0.25, 0.3) is 0 Å². The van der Waals surface area contributed by atoms with E-state index in [0.29, 0.717) is 17.0 Å². The zero-order valence-electron chi connectivity index (χ0n) is 20.8. The normalized spacial score (nSPS) is 12.5. The summed E-state index contributed by atoms with van der Waals surface area (Å²) < 4.78 is 41.1. The maximum Gasteiger partial charge on any atom is 0.387 e. The summed E-state index contributed by atoms with van der Waals surface area (Å²) in [5, 5.41) is 0.471. The molecule has 1 aromatic heterocycles. The summed E-state index contributed by atoms with van der Waals surface area (Å²) in [6.07, 6.45) is 5.23. The molecule has 0 saturated carbocycles. The van der Waals surface area contributed by atoms with Gasteiger partial charge in [-0.15, -0.1) is 0 Å². The third kappa shape index (κ3) is 7.66. The highest BCUT2D eigenvalue weighted by molar-refractivity contribution is 6.37. The first-order chi connectivity index (χ1) is 17.6. The molecule has 196 valence electrons. The maximum atomic E-state index is 13.2. The Labute approximate surface area is 225 Å². The number of rotatable bonds is 10. The number of benzene rings is 2. The lowest BCUT2D eigenvalue weighted by atomic mass is 9.97. The number of carbonyl (C=O) groups excluding carboxylic acids is 1. The Morgan fingerprint density at radius 1 is 1.00 bits per heavy atom. The van der Waals surface area contributed by atoms with Crippen molar-refractivity contribution >= 4 is 41.0 Å². The third-order valence-corrected chi connectivity index (χ3v) is 6.12. The molecule has 9 heteroatoms. The molecule has 0 saturated heterocycles. The molecule has 37 heavy (non-hydrogen) atoms. The molecular formula is C28H27Cl2F2NO4. The third-order valence-electron chi connectivity index (χ3n) is 5.52. The number of methoxy groups -OCH3 is 1. The fourth-order valence-electron chi connectivity index (χ4n) is 3.62. The molecule has 0 aliphatic carbocycles. The fraction of sp³-hybridized carbons (Fsp3) is 0.286. The number of alkyl halides is 2. The molecule has 0 aliphatic heterocycles. The molecular weight excluding hydrogens is 523 g/mol. The highest BCUT2D eigenvalue weighted by Gasteiger charge is 2.22. The van der Waals surface area contributed by atoms with Gasteiger partial charge in [0, 0.05) is 23.5 Å². The first-order valence-corrected chi connectivity index (χ1v) is 12.3. The molecule has 1 heterocycles. The van der Waals surface area contributed by atoms with Gasteiger partial charge in [0.15, 0.2) is 11.5 Å². The SMILES string of the molecule is COc1cc(C(=Cc2c(Cl)cncc2Cl)OC(=O)[C@@H](C)c2ccc(CC(C)C)cc2)ccc1OC(F)F. The summed E-state index contributed by atoms with van der Waals surface area (Å²) in [5.74, 6) is -0.658. The van der Waals surface area contributed by atoms with Crippen LogP contribution in [0.5, 0.6) is 11.5 Å². The Bertz CT molecular complexity index is 1240. The Kier molecular flexibility index (Phi) is 9.89. The van der Waals surface area contributed by atoms with Gasteiger partial charge in [0.2, 0.25) is 0 Å². The average molecular weight is 550 g/mol. The van der Waals surface area contributed by atoms with Gasteiger partial charge in [-0.1, -0.05) is 61.3 Å². The van der Waals surface area contributed by atoms with Gasteiger partial charge >= 0.3 is 12.6 Å². The van der Waals surface area contributed by atoms with Gasteiger partial charge in [-0.2, -0.15) is 8.78 Å². The number of halogens is 4. The Hall–Kier alpha value is -3.16. The molecule has 0 radical (unpaired) electrons. The second-order valence-electron chi connectivity index (χ2n) is 8.75. The molecule has 3 rings (SSSR count). The smallest absolute Gasteiger partial charge is 0.387 e. The van der Waals surface area contributed by atoms with Crippen molar-refractivity contribution < 1.29 is 27.8 Å². The molecule has 2 aromatic carbocycles. The van der Waals surface area contributed by atoms with Gasteiger partial charge < -0.3 is 14.2 Å². The predicted octanol–water partition coefficient (Wildman–Crippen LogP) is 8.04. The molecule has 0 spiro atoms. The Morgan fingerprint density at radius 2 is 1.65 bits per heavy atom. The summed E-state index contributed by atoms with van der Waals surface area (Å²) in [6.45, 7) is 2.99. The minimum Gasteiger partial charge on any atom is -0.493 e. The molecule has 0 unspecified atom stereocenters. The number of nitrogens with zero attached hydrogens (tertiary/aromatic N) is 1. The summed E-state index contributed by atoms with van der Waals surface area (Å²) in [7, 11) is 1.31. The van der Waals surface area contributed by atoms with Crippen molar-refractivity contribution in [2.24, 2.45) is 5.92 Å². The molecule has 5 nitrogen and oxygen atoms in total. The molecule has 0 fully saturated rings. The van der Waals surface area contributed by atoms with Crippen molar-refractivity contribution in [3.63, 3.8) is 0 Å². The lowest BCUT2D eigenvalue weighted by molar-refractivity contribution is -0.137. The van der Waals surface area contributed by atoms with E-state index < -0.39 is 18.5 Å². The van der Waals surface area contributed by atoms with Crippen LogP contribution in [0.3, 0.4) is 0 Å². The highest BCUT2D eigenvalue weighted by Crippen LogP contribution is 2.35. The number of hydrogen-bond donors (Lipinski definition) is 0. The number of aromatic nitrogens is 1. The topological polar surface area (TPSA) is 57.7 Å². The lowest BCUT2D eigenvalue weighted by Gasteiger charge is -2.17. The first-order valence-electron chi connectivity index (χ1n) is 11.5. The van der Waals surface area contributed by atoms with E-state index in [0.717, 1.165) is 12.0 Å². The second kappa shape index (κ2) is 12.9. The molecule has 0 amide bonds. The van der Waals surface area contributed by atoms with E-state index >= 15 is 0 Å². The van der Waals surface area contributed by atoms with Crippen LogP contribution >= 0.6 is 23.2 Å². The van der Waals surface area contributed by atoms with Crippen LogP contribution in [0.25, 0.3) is 11.8 Å². The van der Waals surface area contributed by atoms with Crippen molar-refractivity contribution in [3.8, 4) is 11.5 Å². The van der Waals surface area contributed by atoms with Gasteiger partial charge in [-0.25, -0.2) is 0 Å². The Morgan fingerprint density at radius 3 is 2.22 bits per heavy atom. The van der Waals surface area contributed by atoms with Crippen LogP contribution in [0.15, 0.2) is 54.9 Å². The largest absolute Gasteiger partial charge is 0.493 e. The molecule has 0 N–H and O–H groups in total. The van der Waals surface area contributed by atoms with Crippen LogP contribution in [-0.2, 0) is 16.0 Å². The molecule has 0 bridgehead atoms. The van der Waals surface area contributed by atoms with Gasteiger partial charge in [0.05, 0.1) is 23.1 Å². The molecule has 1 atom stereocenters. The highest BCUT2D eigenvalue weighted by atomic mass is 35.5. The number of esters is 1. The van der Waals surface area contributed by atoms with Crippen LogP contribution in [0.4, 0.5) is 8.78 Å². The zero-order chi connectivity index (χ0) is 27.1. The van der Waals surface area contributed by atoms with Crippen molar-refractivity contribution in [2.45, 2.75) is 39.7 Å². The number of hydrogen-bond acceptors (Lipinski definition) is 5. The quantitative estimate of drug-likeness (QED) is 0.189. The number of ether oxygens (including phenoxy) is 3. The minimum absolute atomic E-state index is 0.0282. The van der Waals surface area contributed by atoms with Gasteiger partial charge in [-0.05, 0) is 54.7 Å². The summed E-state index contributed by atoms with van der Waals surface area (Å²) in [4.78, 5) is 17.2. The standard InChI is InChI=1S/C28H27Cl2F2NO4/c1-16(2)11-18-5-7-19(8-6-18)17(3)27(34)36-25(13-21-22(29)14-33-15-23(21)30)20-9-10-24(37-28(31)32)26(12-20)35-4/h5-10,12-17,28H,11H2,1-4H3/t17-/m0/s1. The summed E-state index contributed by atoms with van der Waals surface area (Å²) in [6, 6.07) is 12.0. The van der Waals surface area contributed by atoms with E-state index in [9.17, 15) is 13.6 Å². The van der Waals surface area contributed by atoms with Crippen LogP contribution in [0, 0.1) is 5.92 Å². The maximum absolute atomic E-state index is 13.2. The van der Waals surface area contributed by atoms with E-state index in [1.807, 2.05) is 24.3 Å². The van der Waals surface area contributed by atoms with Crippen LogP contribution < -0.4 is 9.47 Å². The van der Waals surface area contributed by atoms with E-state index in [1.165, 1.54) is 49.3 Å². The van der Waals surface area contributed by atoms with Gasteiger partial charge in [0.1, 0.15) is 5.76 Å². The van der Waals surface area contributed by atoms with Crippen LogP contribution in [0.2, 0.25) is 10.0 Å². The summed E-state index contributed by atoms with van der Waals surface area (Å²) in [5.41, 5.74) is 2.70. The lowest BCUT2D eigenvalue weighted by Crippen LogP contribution is -2.13. The van der Waals surface area contributed by atoms with E-state index in [1.54, 1.807) is 6.92 Å². The van der Waals surface area contributed by atoms with Crippen molar-refractivity contribution in [1.82, 2.24) is 4.98 Å². The van der Waals surface area contributed by atoms with Crippen molar-refractivity contribution in [2.75, 3.05) is 7.11 Å². The van der Waals surface area contributed by atoms with E-state index in [2.05, 4.69) is 23.6 Å². The fourth-order valence-corrected chi connectivity index (χ4v) is 4.10. The summed E-state index contributed by atoms with van der Waals surface area (Å²) >= 11 is 12.6. The van der Waals surface area contributed by atoms with Crippen molar-refractivity contribution in [3.05, 3.63) is 87.2 Å². The zero-order valence-corrected chi connectivity index (χ0v) is 22.3. The van der Waals surface area contributed by atoms with Gasteiger partial charge in [-0.3, -0.25) is 9.78 Å². The molecule has 3 aromatic rings. The average Bonchev–Trinajstić information content (AvgIpc) is 2.85. The first kappa shape index (κ1) is 28.4. The number of carbonyl (C=O) groups is 1. The van der Waals surface area contributed by atoms with E-state index in [4.69, 9.17) is 32.7 Å². The van der Waals surface area contributed by atoms with Crippen LogP contribution in [-0.4, -0.2) is 24.7 Å². The predicted molar refractivity (Wildman–Crippen MR) is 141 cm³/mol. The minimum atomic E-state index is -3.03. The second-order valence-corrected chi connectivity index (χ2v) is 9.57. The monoisotopic (exact) mass is 549 g/mol. The molecule has 0 aliphatic rings. The van der Waals surface area contributed by atoms with Crippen molar-refractivity contribution in [1.29, 1.82) is 0 Å². The number of pyridine rings is 1. The van der Waals surface area contributed by atoms with E-state index in [-0.39, 0.29) is 27.3 Å².